The number of halogens is 2. The van der Waals surface area contributed by atoms with Crippen LogP contribution >= 0.6 is 11.9 Å². The van der Waals surface area contributed by atoms with Crippen LogP contribution in [0.3, 0.4) is 0 Å². The van der Waals surface area contributed by atoms with E-state index in [1.54, 1.807) is 11.9 Å². The van der Waals surface area contributed by atoms with E-state index in [1.165, 1.54) is 10.8 Å². The van der Waals surface area contributed by atoms with Crippen LogP contribution in [0.15, 0.2) is 17.1 Å². The minimum Gasteiger partial charge on any atom is -0.351 e. The Kier molecular flexibility index (Phi) is 6.58. The summed E-state index contributed by atoms with van der Waals surface area (Å²) >= 11 is 1.74. The maximum atomic E-state index is 14.0. The third-order valence-electron chi connectivity index (χ3n) is 6.45. The highest BCUT2D eigenvalue weighted by Crippen LogP contribution is 2.34. The number of hydrogen-bond donors (Lipinski definition) is 1. The number of piperidine rings is 1. The van der Waals surface area contributed by atoms with Crippen molar-refractivity contribution in [1.29, 1.82) is 0 Å². The van der Waals surface area contributed by atoms with Crippen LogP contribution < -0.4 is 10.9 Å². The van der Waals surface area contributed by atoms with Crippen molar-refractivity contribution in [2.45, 2.75) is 63.4 Å². The second kappa shape index (κ2) is 9.06. The van der Waals surface area contributed by atoms with Gasteiger partial charge in [-0.3, -0.25) is 13.7 Å². The Bertz CT molecular complexity index is 990. The van der Waals surface area contributed by atoms with Gasteiger partial charge in [-0.25, -0.2) is 13.8 Å². The third kappa shape index (κ3) is 4.90. The van der Waals surface area contributed by atoms with Crippen LogP contribution in [0.1, 0.15) is 57.1 Å². The molecule has 1 aliphatic carbocycles. The standard InChI is InChI=1S/C21H28BF2N5OS/c1-13-4-3-5-16(10-13)29-18-14(11-17(19(29)30)21(22,23)24)12-25-20(27-18)26-15-6-8-28(31-2)9-7-15/h11-13,15-16H,3-10H2,1-2H3,(H,25,26,27). The molecule has 0 amide bonds. The summed E-state index contributed by atoms with van der Waals surface area (Å²) in [6, 6.07) is 1.21. The summed E-state index contributed by atoms with van der Waals surface area (Å²) in [7, 11) is 5.05. The molecular weight excluding hydrogens is 419 g/mol. The molecule has 2 aliphatic rings. The van der Waals surface area contributed by atoms with E-state index in [4.69, 9.17) is 7.85 Å². The van der Waals surface area contributed by atoms with E-state index in [0.717, 1.165) is 57.7 Å². The van der Waals surface area contributed by atoms with Crippen LogP contribution in [0.2, 0.25) is 0 Å². The summed E-state index contributed by atoms with van der Waals surface area (Å²) in [4.78, 5) is 22.1. The van der Waals surface area contributed by atoms with Gasteiger partial charge in [-0.2, -0.15) is 4.98 Å². The van der Waals surface area contributed by atoms with Gasteiger partial charge in [0.2, 0.25) is 11.8 Å². The molecule has 0 spiro atoms. The third-order valence-corrected chi connectivity index (χ3v) is 7.33. The summed E-state index contributed by atoms with van der Waals surface area (Å²) in [6.07, 6.45) is 9.07. The highest BCUT2D eigenvalue weighted by atomic mass is 32.2. The van der Waals surface area contributed by atoms with Crippen molar-refractivity contribution in [2.75, 3.05) is 24.7 Å². The molecule has 2 fully saturated rings. The number of hydrogen-bond acceptors (Lipinski definition) is 6. The van der Waals surface area contributed by atoms with Crippen LogP contribution in [0.4, 0.5) is 14.7 Å². The van der Waals surface area contributed by atoms with E-state index in [0.29, 0.717) is 22.9 Å². The van der Waals surface area contributed by atoms with Gasteiger partial charge >= 0.3 is 0 Å². The van der Waals surface area contributed by atoms with Crippen LogP contribution in [-0.4, -0.2) is 52.1 Å². The van der Waals surface area contributed by atoms with Gasteiger partial charge in [0, 0.05) is 36.8 Å². The topological polar surface area (TPSA) is 63.1 Å². The molecule has 10 heteroatoms. The largest absolute Gasteiger partial charge is 0.351 e. The first-order valence-corrected chi connectivity index (χ1v) is 12.1. The van der Waals surface area contributed by atoms with E-state index < -0.39 is 16.9 Å². The molecule has 1 saturated carbocycles. The van der Waals surface area contributed by atoms with Crippen LogP contribution in [0.5, 0.6) is 0 Å². The second-order valence-corrected chi connectivity index (χ2v) is 9.67. The summed E-state index contributed by atoms with van der Waals surface area (Å²) in [5, 5.41) is 3.78. The van der Waals surface area contributed by atoms with E-state index in [1.807, 2.05) is 0 Å². The van der Waals surface area contributed by atoms with Gasteiger partial charge in [-0.15, -0.1) is 0 Å². The summed E-state index contributed by atoms with van der Waals surface area (Å²) < 4.78 is 31.8. The minimum absolute atomic E-state index is 0.173. The van der Waals surface area contributed by atoms with Gasteiger partial charge in [-0.1, -0.05) is 31.7 Å². The van der Waals surface area contributed by atoms with Gasteiger partial charge in [-0.05, 0) is 43.9 Å². The Balaban J connectivity index is 1.73. The number of nitrogens with one attached hydrogen (secondary N) is 1. The van der Waals surface area contributed by atoms with Crippen LogP contribution in [0, 0.1) is 5.92 Å². The molecule has 2 atom stereocenters. The maximum Gasteiger partial charge on any atom is 0.260 e. The van der Waals surface area contributed by atoms with E-state index >= 15 is 0 Å². The van der Waals surface area contributed by atoms with Gasteiger partial charge in [0.05, 0.1) is 5.56 Å². The summed E-state index contributed by atoms with van der Waals surface area (Å²) in [6.45, 7) is 4.09. The number of rotatable bonds is 5. The van der Waals surface area contributed by atoms with Crippen molar-refractivity contribution in [3.8, 4) is 0 Å². The Labute approximate surface area is 186 Å². The average Bonchev–Trinajstić information content (AvgIpc) is 2.73. The van der Waals surface area contributed by atoms with Crippen molar-refractivity contribution in [1.82, 2.24) is 18.8 Å². The molecule has 2 unspecified atom stereocenters. The lowest BCUT2D eigenvalue weighted by atomic mass is 9.86. The molecular formula is C21H28BF2N5OS. The fourth-order valence-corrected chi connectivity index (χ4v) is 5.35. The first kappa shape index (κ1) is 22.5. The molecule has 2 aromatic heterocycles. The predicted molar refractivity (Wildman–Crippen MR) is 122 cm³/mol. The molecule has 0 aromatic carbocycles. The zero-order chi connectivity index (χ0) is 22.2. The lowest BCUT2D eigenvalue weighted by Gasteiger charge is -2.31. The number of alkyl halides is 2. The first-order valence-electron chi connectivity index (χ1n) is 10.9. The van der Waals surface area contributed by atoms with Crippen molar-refractivity contribution in [3.63, 3.8) is 0 Å². The van der Waals surface area contributed by atoms with Crippen molar-refractivity contribution < 1.29 is 8.78 Å². The zero-order valence-electron chi connectivity index (χ0n) is 18.0. The van der Waals surface area contributed by atoms with E-state index in [2.05, 4.69) is 32.8 Å². The molecule has 1 aliphatic heterocycles. The Hall–Kier alpha value is -1.68. The SMILES string of the molecule is [B]C(F)(F)c1cc2cnc(NC3CCN(SC)CC3)nc2n(C2CCCC(C)C2)c1=O. The Morgan fingerprint density at radius 3 is 2.65 bits per heavy atom. The molecule has 166 valence electrons. The predicted octanol–water partition coefficient (Wildman–Crippen LogP) is 3.91. The number of anilines is 1. The number of fused-ring (bicyclic) bond motifs is 1. The summed E-state index contributed by atoms with van der Waals surface area (Å²) in [5.74, 6) is -2.86. The molecule has 3 heterocycles. The first-order chi connectivity index (χ1) is 14.8. The maximum absolute atomic E-state index is 14.0. The Morgan fingerprint density at radius 1 is 1.26 bits per heavy atom. The van der Waals surface area contributed by atoms with Gasteiger partial charge in [0.1, 0.15) is 5.65 Å². The molecule has 6 nitrogen and oxygen atoms in total. The molecule has 1 saturated heterocycles. The van der Waals surface area contributed by atoms with Crippen molar-refractivity contribution in [3.05, 3.63) is 28.2 Å². The zero-order valence-corrected chi connectivity index (χ0v) is 18.8. The second-order valence-electron chi connectivity index (χ2n) is 8.78. The number of nitrogens with zero attached hydrogens (tertiary/aromatic N) is 4. The molecule has 31 heavy (non-hydrogen) atoms. The Morgan fingerprint density at radius 2 is 2.00 bits per heavy atom. The highest BCUT2D eigenvalue weighted by Gasteiger charge is 2.32. The van der Waals surface area contributed by atoms with Gasteiger partial charge < -0.3 is 5.32 Å². The van der Waals surface area contributed by atoms with E-state index in [9.17, 15) is 13.6 Å². The smallest absolute Gasteiger partial charge is 0.260 e. The normalized spacial score (nSPS) is 23.9. The van der Waals surface area contributed by atoms with E-state index in [-0.39, 0.29) is 12.1 Å². The molecule has 0 bridgehead atoms. The highest BCUT2D eigenvalue weighted by molar-refractivity contribution is 7.96. The molecule has 2 radical (unpaired) electrons. The molecule has 4 rings (SSSR count). The fourth-order valence-electron chi connectivity index (χ4n) is 4.77. The lowest BCUT2D eigenvalue weighted by molar-refractivity contribution is 0.0916. The number of aromatic nitrogens is 3. The number of pyridine rings is 1. The van der Waals surface area contributed by atoms with Crippen LogP contribution in [-0.2, 0) is 5.82 Å². The van der Waals surface area contributed by atoms with Gasteiger partial charge in [0.25, 0.3) is 5.56 Å². The fraction of sp³-hybridized carbons (Fsp3) is 0.667. The monoisotopic (exact) mass is 447 g/mol. The van der Waals surface area contributed by atoms with Crippen molar-refractivity contribution >= 4 is 36.8 Å². The average molecular weight is 447 g/mol. The van der Waals surface area contributed by atoms with Gasteiger partial charge in [0.15, 0.2) is 7.85 Å². The molecule has 1 N–H and O–H groups in total. The quantitative estimate of drug-likeness (QED) is 0.554. The van der Waals surface area contributed by atoms with Crippen molar-refractivity contribution in [2.24, 2.45) is 5.92 Å². The summed E-state index contributed by atoms with van der Waals surface area (Å²) in [5.41, 5.74) is -1.06. The lowest BCUT2D eigenvalue weighted by Crippen LogP contribution is -2.36. The molecule has 2 aromatic rings. The van der Waals surface area contributed by atoms with Crippen LogP contribution in [0.25, 0.3) is 11.0 Å². The minimum atomic E-state index is -3.71.